The van der Waals surface area contributed by atoms with Gasteiger partial charge in [0.1, 0.15) is 0 Å². The van der Waals surface area contributed by atoms with Crippen LogP contribution < -0.4 is 5.11 Å². The molecule has 1 N–H and O–H groups in total. The topological polar surface area (TPSA) is 227 Å². The van der Waals surface area contributed by atoms with E-state index < -0.39 is 95.8 Å². The Morgan fingerprint density at radius 2 is 0.602 bits per heavy atom. The standard InChI is InChI=1S/C18H13S.2C18H15S.2C14H17F5O5S.C4H5F3O3.CH3/c1-2-8-14(9-3-1)19-17-12-6-4-10-15(17)16-11-5-7-13-18(16)19;2*1-4-10-16(11-5-1)19(17-12-6-2-7-13-17)18-14-8-3-9-15-18;2*15-13(16,17)10(14(18,19)25(21,22)23)24-11(20)12-4-7-1-8(5-12)3-9(2-7)6-12;1-3(10,2(8)9)4(5,6)7;/h1-13H;2*1-15H;2*7-10H,1-6H2,(H,21,22,23);10H,1H3,(H,8,9);1H3/q3*+1;;;;-1/p-3. The number of carbonyl (C=O) groups excluding carboxylic acids is 3. The second-order valence-corrected chi connectivity index (χ2v) is 39.0. The molecule has 10 aromatic rings. The molecule has 31 heteroatoms. The van der Waals surface area contributed by atoms with E-state index in [0.717, 1.165) is 38.5 Å². The normalized spacial score (nSPS) is 22.1. The molecule has 8 aliphatic carbocycles. The van der Waals surface area contributed by atoms with Gasteiger partial charge in [-0.15, -0.1) is 0 Å². The number of hydrogen-bond donors (Lipinski definition) is 1. The highest BCUT2D eigenvalue weighted by Crippen LogP contribution is 2.63. The second kappa shape index (κ2) is 37.0. The van der Waals surface area contributed by atoms with Crippen molar-refractivity contribution in [1.82, 2.24) is 0 Å². The lowest BCUT2D eigenvalue weighted by molar-refractivity contribution is -0.351. The van der Waals surface area contributed by atoms with Crippen LogP contribution in [0.2, 0.25) is 0 Å². The van der Waals surface area contributed by atoms with Crippen molar-refractivity contribution in [2.24, 2.45) is 46.3 Å². The number of carbonyl (C=O) groups is 3. The molecule has 9 aromatic carbocycles. The quantitative estimate of drug-likeness (QED) is 0.0312. The van der Waals surface area contributed by atoms with Crippen LogP contribution in [0.1, 0.15) is 84.0 Å². The predicted molar refractivity (Wildman–Crippen MR) is 419 cm³/mol. The maximum atomic E-state index is 13.5. The number of ether oxygens (including phenoxy) is 2. The third kappa shape index (κ3) is 20.9. The average molecular weight is 1740 g/mol. The highest BCUT2D eigenvalue weighted by atomic mass is 32.2. The van der Waals surface area contributed by atoms with Crippen LogP contribution in [0.5, 0.6) is 0 Å². The number of esters is 2. The second-order valence-electron chi connectivity index (χ2n) is 30.0. The Labute approximate surface area is 683 Å². The molecular formula is C87H82F13O13S5-. The summed E-state index contributed by atoms with van der Waals surface area (Å²) in [7, 11) is -13.3. The van der Waals surface area contributed by atoms with Crippen molar-refractivity contribution in [1.29, 1.82) is 0 Å². The smallest absolute Gasteiger partial charge is 0.432 e. The first-order valence-electron chi connectivity index (χ1n) is 37.0. The summed E-state index contributed by atoms with van der Waals surface area (Å²) in [6.07, 6.45) is -19.0. The summed E-state index contributed by atoms with van der Waals surface area (Å²) in [6, 6.07) is 92.7. The first kappa shape index (κ1) is 91.5. The number of rotatable bonds is 16. The highest BCUT2D eigenvalue weighted by Gasteiger charge is 2.67. The Balaban J connectivity index is 0.000000151. The van der Waals surface area contributed by atoms with Gasteiger partial charge in [-0.05, 0) is 229 Å². The number of halogens is 13. The van der Waals surface area contributed by atoms with E-state index in [-0.39, 0.29) is 121 Å². The van der Waals surface area contributed by atoms with Gasteiger partial charge in [-0.2, -0.15) is 57.1 Å². The molecule has 8 saturated carbocycles. The van der Waals surface area contributed by atoms with E-state index in [4.69, 9.17) is 5.11 Å². The maximum Gasteiger partial charge on any atom is 0.432 e. The van der Waals surface area contributed by atoms with Crippen LogP contribution >= 0.6 is 10.5 Å². The predicted octanol–water partition coefficient (Wildman–Crippen LogP) is 20.4. The van der Waals surface area contributed by atoms with Crippen LogP contribution in [-0.4, -0.2) is 95.8 Å². The fraction of sp³-hybridized carbons (Fsp3) is 0.333. The third-order valence-corrected chi connectivity index (χ3v) is 30.1. The van der Waals surface area contributed by atoms with Crippen LogP contribution in [-0.2, 0) is 65.9 Å². The summed E-state index contributed by atoms with van der Waals surface area (Å²) >= 11 is 0. The molecule has 3 atom stereocenters. The number of benzene rings is 9. The summed E-state index contributed by atoms with van der Waals surface area (Å²) in [4.78, 5) is 43.9. The number of aliphatic hydroxyl groups is 1. The molecule has 630 valence electrons. The minimum atomic E-state index is -6.67. The van der Waals surface area contributed by atoms with Crippen LogP contribution in [0.4, 0.5) is 57.1 Å². The van der Waals surface area contributed by atoms with Gasteiger partial charge in [-0.3, -0.25) is 9.59 Å². The van der Waals surface area contributed by atoms with Crippen LogP contribution in [0.3, 0.4) is 0 Å². The van der Waals surface area contributed by atoms with Gasteiger partial charge < -0.3 is 41.0 Å². The van der Waals surface area contributed by atoms with Crippen molar-refractivity contribution >= 4 is 90.6 Å². The maximum absolute atomic E-state index is 13.5. The molecule has 3 unspecified atom stereocenters. The number of alkyl halides is 13. The van der Waals surface area contributed by atoms with Crippen molar-refractivity contribution in [3.8, 4) is 4.90 Å². The number of carboxylic acid groups (broad SMARTS) is 1. The molecule has 1 heterocycles. The summed E-state index contributed by atoms with van der Waals surface area (Å²) in [5.74, 6) is -4.72. The van der Waals surface area contributed by atoms with E-state index in [0.29, 0.717) is 0 Å². The largest absolute Gasteiger partial charge is 0.743 e. The molecule has 8 aliphatic rings. The monoisotopic (exact) mass is 1740 g/mol. The number of hydrogen-bond acceptors (Lipinski definition) is 13. The minimum Gasteiger partial charge on any atom is -0.743 e. The van der Waals surface area contributed by atoms with Crippen molar-refractivity contribution in [2.45, 2.75) is 160 Å². The van der Waals surface area contributed by atoms with Gasteiger partial charge in [0.2, 0.25) is 0 Å². The van der Waals surface area contributed by atoms with E-state index in [1.54, 1.807) is 0 Å². The average Bonchev–Trinajstić information content (AvgIpc) is 1.14. The zero-order valence-electron chi connectivity index (χ0n) is 63.2. The van der Waals surface area contributed by atoms with Crippen molar-refractivity contribution in [2.75, 3.05) is 0 Å². The summed E-state index contributed by atoms with van der Waals surface area (Å²) in [5, 5.41) is 8.94. The molecule has 8 fully saturated rings. The van der Waals surface area contributed by atoms with Gasteiger partial charge in [-0.1, -0.05) is 152 Å². The van der Waals surface area contributed by atoms with Gasteiger partial charge in [0, 0.05) is 21.2 Å². The fourth-order valence-electron chi connectivity index (χ4n) is 17.0. The summed E-state index contributed by atoms with van der Waals surface area (Å²) in [6.45, 7) is 0.113. The number of fused-ring (bicyclic) bond motifs is 3. The van der Waals surface area contributed by atoms with Crippen molar-refractivity contribution in [3.05, 3.63) is 268 Å². The first-order chi connectivity index (χ1) is 55.0. The fourth-order valence-corrected chi connectivity index (χ4v) is 24.5. The molecule has 118 heavy (non-hydrogen) atoms. The SMILES string of the molecule is CC(O)(C(=O)[O-])C(F)(F)F.O=C(OC(C(F)(F)F)C(F)(F)S(=O)(=O)[O-])C12CC3CC(CC(C3)C1)C2.O=C(OC(C(F)(F)F)C(F)(F)S(=O)(=O)[O-])C12CC3CC(CC(C3)C1)C2.[CH3-].c1ccc(-[s+]2c3ccccc3c3ccccc32)cc1.c1ccc([S+](c2ccccc2)c2ccccc2)cc1.c1ccc([S+](c2ccccc2)c2ccccc2)cc1. The molecule has 0 amide bonds. The van der Waals surface area contributed by atoms with Crippen molar-refractivity contribution < 1.29 is 117 Å². The molecule has 0 radical (unpaired) electrons. The summed E-state index contributed by atoms with van der Waals surface area (Å²) < 4.78 is 240. The zero-order valence-corrected chi connectivity index (χ0v) is 67.3. The number of thiophene rings is 1. The molecule has 0 saturated heterocycles. The lowest BCUT2D eigenvalue weighted by Crippen LogP contribution is -2.56. The summed E-state index contributed by atoms with van der Waals surface area (Å²) in [5.41, 5.74) is -6.34. The van der Waals surface area contributed by atoms with E-state index in [9.17, 15) is 103 Å². The Bertz CT molecular complexity index is 4700. The molecule has 8 bridgehead atoms. The van der Waals surface area contributed by atoms with Gasteiger partial charge in [0.25, 0.3) is 12.2 Å². The van der Waals surface area contributed by atoms with Crippen LogP contribution in [0.25, 0.3) is 25.1 Å². The Morgan fingerprint density at radius 1 is 0.390 bits per heavy atom. The minimum absolute atomic E-state index is 0. The van der Waals surface area contributed by atoms with Gasteiger partial charge in [0.15, 0.2) is 69.5 Å². The Morgan fingerprint density at radius 3 is 0.797 bits per heavy atom. The van der Waals surface area contributed by atoms with Crippen LogP contribution in [0, 0.1) is 53.8 Å². The first-order valence-corrected chi connectivity index (χ1v) is 43.5. The molecule has 18 rings (SSSR count). The Kier molecular flexibility index (Phi) is 28.7. The Hall–Kier alpha value is -8.82. The van der Waals surface area contributed by atoms with E-state index in [1.165, 1.54) is 54.4 Å². The van der Waals surface area contributed by atoms with Gasteiger partial charge >= 0.3 is 41.0 Å². The van der Waals surface area contributed by atoms with Gasteiger partial charge in [0.05, 0.1) is 38.6 Å². The van der Waals surface area contributed by atoms with Crippen molar-refractivity contribution in [3.63, 3.8) is 0 Å². The zero-order chi connectivity index (χ0) is 84.7. The lowest BCUT2D eigenvalue weighted by Gasteiger charge is -2.55. The van der Waals surface area contributed by atoms with E-state index in [2.05, 4.69) is 270 Å². The number of carboxylic acids is 1. The molecule has 13 nitrogen and oxygen atoms in total. The molecular weight excluding hydrogens is 1660 g/mol. The van der Waals surface area contributed by atoms with Gasteiger partial charge in [-0.25, -0.2) is 16.8 Å². The molecule has 1 aromatic heterocycles. The van der Waals surface area contributed by atoms with E-state index >= 15 is 0 Å². The van der Waals surface area contributed by atoms with Crippen LogP contribution in [0.15, 0.2) is 290 Å². The molecule has 0 aliphatic heterocycles. The van der Waals surface area contributed by atoms with E-state index in [1.807, 2.05) is 0 Å². The lowest BCUT2D eigenvalue weighted by atomic mass is 9.49. The number of aliphatic carboxylic acids is 1. The third-order valence-electron chi connectivity index (χ3n) is 21.6. The molecule has 0 spiro atoms. The highest BCUT2D eigenvalue weighted by molar-refractivity contribution is 7.97.